The molecule has 0 fully saturated rings. The van der Waals surface area contributed by atoms with Crippen LogP contribution in [0.15, 0.2) is 78.4 Å². The Morgan fingerprint density at radius 1 is 0.423 bits per heavy atom. The molecule has 1 aromatic carbocycles. The number of carbonyl (C=O) groups excluding carboxylic acids is 4. The molecule has 0 atom stereocenters. The summed E-state index contributed by atoms with van der Waals surface area (Å²) in [6, 6.07) is 10.3. The number of aryl methyl sites for hydroxylation is 1. The third-order valence-electron chi connectivity index (χ3n) is 4.18. The second kappa shape index (κ2) is 42.5. The Balaban J connectivity index is -0.000000177. The fourth-order valence-corrected chi connectivity index (χ4v) is 2.39. The van der Waals surface area contributed by atoms with Crippen molar-refractivity contribution in [2.75, 3.05) is 52.9 Å². The fourth-order valence-electron chi connectivity index (χ4n) is 2.39. The quantitative estimate of drug-likeness (QED) is 0.0744. The van der Waals surface area contributed by atoms with Gasteiger partial charge in [0, 0.05) is 24.3 Å². The fraction of sp³-hybridized carbons (Fsp3) is 0.486. The van der Waals surface area contributed by atoms with Crippen molar-refractivity contribution in [1.82, 2.24) is 0 Å². The molecule has 0 bridgehead atoms. The van der Waals surface area contributed by atoms with Crippen LogP contribution in [0.25, 0.3) is 0 Å². The maximum Gasteiger partial charge on any atom is 4.00 e. The van der Waals surface area contributed by atoms with Crippen LogP contribution < -0.4 is 20.4 Å². The Bertz CT molecular complexity index is 1020. The molecule has 1 rings (SSSR count). The van der Waals surface area contributed by atoms with Gasteiger partial charge >= 0.3 is 49.7 Å². The van der Waals surface area contributed by atoms with Gasteiger partial charge in [0.15, 0.2) is 0 Å². The molecule has 0 aromatic heterocycles. The van der Waals surface area contributed by atoms with Crippen molar-refractivity contribution in [3.8, 4) is 0 Å². The van der Waals surface area contributed by atoms with Gasteiger partial charge in [-0.1, -0.05) is 63.6 Å². The number of hydrogen-bond acceptors (Lipinski definition) is 16. The summed E-state index contributed by atoms with van der Waals surface area (Å²) >= 11 is 0. The molecule has 1 aromatic rings. The van der Waals surface area contributed by atoms with E-state index in [0.717, 1.165) is 24.3 Å². The second-order valence-electron chi connectivity index (χ2n) is 8.25. The van der Waals surface area contributed by atoms with E-state index in [4.69, 9.17) is 0 Å². The summed E-state index contributed by atoms with van der Waals surface area (Å²) in [6.07, 6.45) is 3.14. The SMILES string of the molecule is CCOC(=O)/C=C(\[O-])OCC.CCOC(=O)/C=C(\[O-])OCC.CCOC(=O)/C=C(\[O-])OCC.CCOC(=O)/C=C(\[O-])OCC.Cc1ccccc1.[Hf+4]. The van der Waals surface area contributed by atoms with Gasteiger partial charge in [0.25, 0.3) is 0 Å². The molecule has 0 N–H and O–H groups in total. The molecule has 0 spiro atoms. The van der Waals surface area contributed by atoms with Crippen LogP contribution in [0.1, 0.15) is 61.0 Å². The Kier molecular flexibility index (Phi) is 46.3. The summed E-state index contributed by atoms with van der Waals surface area (Å²) in [5.74, 6) is -5.29. The molecule has 17 heteroatoms. The van der Waals surface area contributed by atoms with Crippen molar-refractivity contribution in [3.63, 3.8) is 0 Å². The Morgan fingerprint density at radius 2 is 0.615 bits per heavy atom. The number of carbonyl (C=O) groups is 4. The Hall–Kier alpha value is -4.67. The van der Waals surface area contributed by atoms with Crippen molar-refractivity contribution in [1.29, 1.82) is 0 Å². The van der Waals surface area contributed by atoms with Gasteiger partial charge in [-0.25, -0.2) is 19.2 Å². The van der Waals surface area contributed by atoms with Crippen LogP contribution in [0.3, 0.4) is 0 Å². The Morgan fingerprint density at radius 3 is 0.750 bits per heavy atom. The minimum atomic E-state index is -0.661. The summed E-state index contributed by atoms with van der Waals surface area (Å²) in [7, 11) is 0. The molecular weight excluding hydrogens is 855 g/mol. The van der Waals surface area contributed by atoms with Gasteiger partial charge in [-0.3, -0.25) is 0 Å². The maximum absolute atomic E-state index is 10.5. The van der Waals surface area contributed by atoms with Gasteiger partial charge < -0.3 is 58.3 Å². The van der Waals surface area contributed by atoms with Crippen LogP contribution in [0, 0.1) is 6.92 Å². The van der Waals surface area contributed by atoms with Gasteiger partial charge in [0.1, 0.15) is 0 Å². The van der Waals surface area contributed by atoms with Crippen LogP contribution in [0.4, 0.5) is 0 Å². The summed E-state index contributed by atoms with van der Waals surface area (Å²) in [5, 5.41) is 42.2. The molecule has 0 radical (unpaired) electrons. The van der Waals surface area contributed by atoms with E-state index in [-0.39, 0.29) is 78.7 Å². The maximum atomic E-state index is 10.5. The smallest absolute Gasteiger partial charge is 0.613 e. The number of esters is 4. The Labute approximate surface area is 325 Å². The second-order valence-corrected chi connectivity index (χ2v) is 8.25. The van der Waals surface area contributed by atoms with E-state index in [0.29, 0.717) is 0 Å². The average Bonchev–Trinajstić information content (AvgIpc) is 3.03. The largest absolute Gasteiger partial charge is 4.00 e. The molecular formula is C35H52HfO16. The van der Waals surface area contributed by atoms with Crippen molar-refractivity contribution in [3.05, 3.63) is 84.0 Å². The van der Waals surface area contributed by atoms with Crippen LogP contribution in [-0.2, 0) is 82.9 Å². The summed E-state index contributed by atoms with van der Waals surface area (Å²) < 4.78 is 35.7. The zero-order valence-corrected chi connectivity index (χ0v) is 35.0. The van der Waals surface area contributed by atoms with Crippen LogP contribution >= 0.6 is 0 Å². The molecule has 0 heterocycles. The molecule has 292 valence electrons. The van der Waals surface area contributed by atoms with Crippen molar-refractivity contribution >= 4 is 23.9 Å². The first-order valence-corrected chi connectivity index (χ1v) is 16.0. The van der Waals surface area contributed by atoms with Crippen molar-refractivity contribution in [2.45, 2.75) is 62.3 Å². The molecule has 16 nitrogen and oxygen atoms in total. The molecule has 0 aliphatic carbocycles. The third kappa shape index (κ3) is 47.4. The van der Waals surface area contributed by atoms with E-state index in [1.165, 1.54) is 5.56 Å². The first kappa shape index (κ1) is 56.7. The van der Waals surface area contributed by atoms with E-state index >= 15 is 0 Å². The first-order chi connectivity index (χ1) is 24.2. The van der Waals surface area contributed by atoms with E-state index in [1.54, 1.807) is 55.4 Å². The summed E-state index contributed by atoms with van der Waals surface area (Å²) in [4.78, 5) is 42.2. The predicted octanol–water partition coefficient (Wildman–Crippen LogP) is 1.14. The molecule has 0 unspecified atom stereocenters. The molecule has 0 aliphatic rings. The zero-order chi connectivity index (χ0) is 39.9. The summed E-state index contributed by atoms with van der Waals surface area (Å²) in [6.45, 7) is 17.5. The van der Waals surface area contributed by atoms with E-state index in [9.17, 15) is 39.6 Å². The van der Waals surface area contributed by atoms with Crippen molar-refractivity contribution in [2.24, 2.45) is 0 Å². The van der Waals surface area contributed by atoms with Crippen LogP contribution in [-0.4, -0.2) is 76.7 Å². The normalized spacial score (nSPS) is 10.4. The third-order valence-corrected chi connectivity index (χ3v) is 4.18. The van der Waals surface area contributed by atoms with Gasteiger partial charge in [0.05, 0.1) is 50.2 Å². The molecule has 0 amide bonds. The monoisotopic (exact) mass is 908 g/mol. The number of hydrogen-bond donors (Lipinski definition) is 0. The van der Waals surface area contributed by atoms with Gasteiger partial charge in [-0.05, 0) is 61.0 Å². The average molecular weight is 907 g/mol. The molecule has 0 aliphatic heterocycles. The van der Waals surface area contributed by atoms with E-state index in [2.05, 4.69) is 57.0 Å². The van der Waals surface area contributed by atoms with Gasteiger partial charge in [-0.15, -0.1) is 0 Å². The number of rotatable bonds is 16. The topological polar surface area (TPSA) is 234 Å². The van der Waals surface area contributed by atoms with Gasteiger partial charge in [0.2, 0.25) is 0 Å². The van der Waals surface area contributed by atoms with Crippen LogP contribution in [0.2, 0.25) is 0 Å². The number of benzene rings is 1. The standard InChI is InChI=1S/4C7H12O4.C7H8.Hf/c4*1-3-10-6(8)5-7(9)11-4-2;1-7-5-3-2-4-6-7;/h4*5,8H,3-4H2,1-2H3;2-6H,1H3;/q;;;;;+4/p-4/b4*6-5+;;. The molecule has 52 heavy (non-hydrogen) atoms. The van der Waals surface area contributed by atoms with Crippen LogP contribution in [0.5, 0.6) is 0 Å². The van der Waals surface area contributed by atoms with Crippen molar-refractivity contribution < 1.29 is 103 Å². The molecule has 0 saturated carbocycles. The minimum Gasteiger partial charge on any atom is -0.613 e. The number of ether oxygens (including phenoxy) is 8. The van der Waals surface area contributed by atoms with E-state index < -0.39 is 47.7 Å². The summed E-state index contributed by atoms with van der Waals surface area (Å²) in [5.41, 5.74) is 1.32. The zero-order valence-electron chi connectivity index (χ0n) is 31.4. The predicted molar refractivity (Wildman–Crippen MR) is 177 cm³/mol. The minimum absolute atomic E-state index is 0. The van der Waals surface area contributed by atoms with E-state index in [1.807, 2.05) is 18.2 Å². The van der Waals surface area contributed by atoms with Gasteiger partial charge in [-0.2, -0.15) is 0 Å². The first-order valence-electron chi connectivity index (χ1n) is 16.0. The molecule has 0 saturated heterocycles.